The second kappa shape index (κ2) is 5.31. The van der Waals surface area contributed by atoms with Gasteiger partial charge in [0.1, 0.15) is 11.2 Å². The molecule has 0 bridgehead atoms. The Morgan fingerprint density at radius 3 is 2.70 bits per heavy atom. The Morgan fingerprint density at radius 2 is 2.04 bits per heavy atom. The van der Waals surface area contributed by atoms with E-state index in [1.54, 1.807) is 0 Å². The third-order valence-corrected chi connectivity index (χ3v) is 4.22. The van der Waals surface area contributed by atoms with Crippen LogP contribution in [-0.4, -0.2) is 51.9 Å². The molecule has 4 rings (SSSR count). The molecule has 8 heteroatoms. The van der Waals surface area contributed by atoms with Crippen molar-refractivity contribution in [2.75, 3.05) is 31.2 Å². The summed E-state index contributed by atoms with van der Waals surface area (Å²) in [6.07, 6.45) is 4.80. The summed E-state index contributed by atoms with van der Waals surface area (Å²) in [5, 5.41) is 9.49. The highest BCUT2D eigenvalue weighted by Crippen LogP contribution is 2.36. The predicted octanol–water partition coefficient (Wildman–Crippen LogP) is 0.661. The second-order valence-corrected chi connectivity index (χ2v) is 5.82. The highest BCUT2D eigenvalue weighted by molar-refractivity contribution is 5.91. The molecule has 1 aliphatic carbocycles. The molecule has 1 saturated carbocycles. The van der Waals surface area contributed by atoms with Crippen LogP contribution in [-0.2, 0) is 4.74 Å². The lowest BCUT2D eigenvalue weighted by atomic mass is 10.2. The van der Waals surface area contributed by atoms with Crippen LogP contribution >= 0.6 is 0 Å². The molecule has 2 aliphatic rings. The average molecular weight is 316 g/mol. The van der Waals surface area contributed by atoms with Gasteiger partial charge >= 0.3 is 5.97 Å². The molecule has 23 heavy (non-hydrogen) atoms. The summed E-state index contributed by atoms with van der Waals surface area (Å²) in [6.45, 7) is 2.64. The van der Waals surface area contributed by atoms with Gasteiger partial charge in [-0.3, -0.25) is 4.79 Å². The van der Waals surface area contributed by atoms with Gasteiger partial charge < -0.3 is 19.3 Å². The van der Waals surface area contributed by atoms with Gasteiger partial charge in [-0.25, -0.2) is 9.78 Å². The first-order chi connectivity index (χ1) is 11.1. The van der Waals surface area contributed by atoms with Crippen LogP contribution in [0.4, 0.5) is 5.95 Å². The average Bonchev–Trinajstić information content (AvgIpc) is 3.40. The summed E-state index contributed by atoms with van der Waals surface area (Å²) in [7, 11) is 0. The number of nitrogens with zero attached hydrogens (tertiary/aromatic N) is 4. The van der Waals surface area contributed by atoms with Gasteiger partial charge in [0.25, 0.3) is 0 Å². The minimum Gasteiger partial charge on any atom is -0.477 e. The van der Waals surface area contributed by atoms with E-state index in [9.17, 15) is 14.7 Å². The molecule has 120 valence electrons. The quantitative estimate of drug-likeness (QED) is 0.888. The van der Waals surface area contributed by atoms with Crippen LogP contribution in [0, 0.1) is 0 Å². The van der Waals surface area contributed by atoms with E-state index in [0.29, 0.717) is 37.9 Å². The number of hydrogen-bond acceptors (Lipinski definition) is 6. The van der Waals surface area contributed by atoms with Crippen molar-refractivity contribution in [2.45, 2.75) is 18.9 Å². The number of aromatic carboxylic acids is 1. The lowest BCUT2D eigenvalue weighted by molar-refractivity contribution is 0.0695. The number of morpholine rings is 1. The summed E-state index contributed by atoms with van der Waals surface area (Å²) in [5.41, 5.74) is -0.246. The molecule has 3 heterocycles. The SMILES string of the molecule is O=C(O)c1cn(C2CC2)c2nc(N3CCOCC3)ncc2c1=O. The fraction of sp³-hybridized carbons (Fsp3) is 0.467. The smallest absolute Gasteiger partial charge is 0.341 e. The lowest BCUT2D eigenvalue weighted by Crippen LogP contribution is -2.37. The van der Waals surface area contributed by atoms with Gasteiger partial charge in [0.05, 0.1) is 18.6 Å². The molecule has 0 spiro atoms. The fourth-order valence-electron chi connectivity index (χ4n) is 2.82. The molecule has 2 aromatic rings. The van der Waals surface area contributed by atoms with Gasteiger partial charge in [0.2, 0.25) is 11.4 Å². The van der Waals surface area contributed by atoms with E-state index >= 15 is 0 Å². The Hall–Kier alpha value is -2.48. The highest BCUT2D eigenvalue weighted by Gasteiger charge is 2.28. The van der Waals surface area contributed by atoms with Crippen LogP contribution in [0.3, 0.4) is 0 Å². The summed E-state index contributed by atoms with van der Waals surface area (Å²) >= 11 is 0. The number of carboxylic acids is 1. The maximum absolute atomic E-state index is 12.3. The van der Waals surface area contributed by atoms with E-state index in [4.69, 9.17) is 4.74 Å². The number of hydrogen-bond donors (Lipinski definition) is 1. The predicted molar refractivity (Wildman–Crippen MR) is 82.1 cm³/mol. The number of rotatable bonds is 3. The molecule has 8 nitrogen and oxygen atoms in total. The van der Waals surface area contributed by atoms with Crippen molar-refractivity contribution in [3.63, 3.8) is 0 Å². The molecular weight excluding hydrogens is 300 g/mol. The number of pyridine rings is 1. The monoisotopic (exact) mass is 316 g/mol. The molecule has 0 aromatic carbocycles. The number of aromatic nitrogens is 3. The summed E-state index contributed by atoms with van der Waals surface area (Å²) < 4.78 is 7.14. The molecule has 1 aliphatic heterocycles. The topological polar surface area (TPSA) is 97.6 Å². The van der Waals surface area contributed by atoms with Crippen LogP contribution in [0.25, 0.3) is 11.0 Å². The van der Waals surface area contributed by atoms with Crippen molar-refractivity contribution in [1.29, 1.82) is 0 Å². The second-order valence-electron chi connectivity index (χ2n) is 5.82. The van der Waals surface area contributed by atoms with Gasteiger partial charge in [-0.1, -0.05) is 0 Å². The standard InChI is InChI=1S/C15H16N4O4/c20-12-10-7-16-15(18-3-5-23-6-4-18)17-13(10)19(9-1-2-9)8-11(12)14(21)22/h7-9H,1-6H2,(H,21,22). The van der Waals surface area contributed by atoms with Crippen molar-refractivity contribution in [3.05, 3.63) is 28.2 Å². The fourth-order valence-corrected chi connectivity index (χ4v) is 2.82. The van der Waals surface area contributed by atoms with Crippen LogP contribution < -0.4 is 10.3 Å². The van der Waals surface area contributed by atoms with Crippen molar-refractivity contribution < 1.29 is 14.6 Å². The minimum atomic E-state index is -1.22. The maximum atomic E-state index is 12.3. The maximum Gasteiger partial charge on any atom is 0.341 e. The molecule has 0 radical (unpaired) electrons. The Morgan fingerprint density at radius 1 is 1.30 bits per heavy atom. The first-order valence-corrected chi connectivity index (χ1v) is 7.63. The van der Waals surface area contributed by atoms with Gasteiger partial charge in [-0.2, -0.15) is 4.98 Å². The zero-order chi connectivity index (χ0) is 16.0. The van der Waals surface area contributed by atoms with E-state index in [1.165, 1.54) is 12.4 Å². The van der Waals surface area contributed by atoms with Crippen molar-refractivity contribution in [3.8, 4) is 0 Å². The van der Waals surface area contributed by atoms with Gasteiger partial charge in [-0.15, -0.1) is 0 Å². The Balaban J connectivity index is 1.89. The van der Waals surface area contributed by atoms with Crippen LogP contribution in [0.2, 0.25) is 0 Å². The number of carbonyl (C=O) groups is 1. The molecule has 0 amide bonds. The summed E-state index contributed by atoms with van der Waals surface area (Å²) in [6, 6.07) is 0.212. The molecule has 2 aromatic heterocycles. The van der Waals surface area contributed by atoms with E-state index in [-0.39, 0.29) is 17.0 Å². The molecular formula is C15H16N4O4. The zero-order valence-electron chi connectivity index (χ0n) is 12.4. The molecule has 1 N–H and O–H groups in total. The number of ether oxygens (including phenoxy) is 1. The molecule has 0 atom stereocenters. The Bertz CT molecular complexity index is 837. The van der Waals surface area contributed by atoms with E-state index < -0.39 is 11.4 Å². The van der Waals surface area contributed by atoms with Crippen LogP contribution in [0.5, 0.6) is 0 Å². The van der Waals surface area contributed by atoms with Crippen molar-refractivity contribution >= 4 is 23.0 Å². The van der Waals surface area contributed by atoms with Crippen molar-refractivity contribution in [1.82, 2.24) is 14.5 Å². The zero-order valence-corrected chi connectivity index (χ0v) is 12.4. The molecule has 2 fully saturated rings. The normalized spacial score (nSPS) is 18.3. The Labute approximate surface area is 131 Å². The first-order valence-electron chi connectivity index (χ1n) is 7.63. The van der Waals surface area contributed by atoms with E-state index in [1.807, 2.05) is 9.47 Å². The first kappa shape index (κ1) is 14.1. The lowest BCUT2D eigenvalue weighted by Gasteiger charge is -2.27. The van der Waals surface area contributed by atoms with Gasteiger partial charge in [-0.05, 0) is 12.8 Å². The van der Waals surface area contributed by atoms with Gasteiger partial charge in [0, 0.05) is 31.5 Å². The number of anilines is 1. The Kier molecular flexibility index (Phi) is 3.26. The molecule has 0 unspecified atom stereocenters. The van der Waals surface area contributed by atoms with E-state index in [2.05, 4.69) is 9.97 Å². The number of carboxylic acid groups (broad SMARTS) is 1. The molecule has 1 saturated heterocycles. The number of fused-ring (bicyclic) bond motifs is 1. The van der Waals surface area contributed by atoms with Crippen molar-refractivity contribution in [2.24, 2.45) is 0 Å². The summed E-state index contributed by atoms with van der Waals surface area (Å²) in [5.74, 6) is -0.666. The highest BCUT2D eigenvalue weighted by atomic mass is 16.5. The van der Waals surface area contributed by atoms with E-state index in [0.717, 1.165) is 12.8 Å². The van der Waals surface area contributed by atoms with Crippen LogP contribution in [0.15, 0.2) is 17.2 Å². The van der Waals surface area contributed by atoms with Crippen LogP contribution in [0.1, 0.15) is 29.2 Å². The minimum absolute atomic E-state index is 0.212. The third-order valence-electron chi connectivity index (χ3n) is 4.22. The largest absolute Gasteiger partial charge is 0.477 e. The third kappa shape index (κ3) is 2.44. The van der Waals surface area contributed by atoms with Gasteiger partial charge in [0.15, 0.2) is 0 Å². The summed E-state index contributed by atoms with van der Waals surface area (Å²) in [4.78, 5) is 34.5.